The first-order chi connectivity index (χ1) is 19.3. The fourth-order valence-electron chi connectivity index (χ4n) is 4.28. The van der Waals surface area contributed by atoms with Gasteiger partial charge in [-0.2, -0.15) is 10.2 Å². The number of nitrogens with zero attached hydrogens (tertiary/aromatic N) is 5. The summed E-state index contributed by atoms with van der Waals surface area (Å²) in [6, 6.07) is 23.1. The fraction of sp³-hybridized carbons (Fsp3) is 0.100. The van der Waals surface area contributed by atoms with E-state index in [4.69, 9.17) is 4.74 Å². The summed E-state index contributed by atoms with van der Waals surface area (Å²) in [7, 11) is 1.69. The molecule has 1 amide bonds. The largest absolute Gasteiger partial charge is 0.438 e. The lowest BCUT2D eigenvalue weighted by atomic mass is 10.1. The summed E-state index contributed by atoms with van der Waals surface area (Å²) in [5, 5.41) is 12.5. The number of hydrogen-bond donors (Lipinski definition) is 1. The van der Waals surface area contributed by atoms with Crippen LogP contribution in [0.4, 0.5) is 5.69 Å². The minimum atomic E-state index is -0.854. The summed E-state index contributed by atoms with van der Waals surface area (Å²) < 4.78 is 10.3. The summed E-state index contributed by atoms with van der Waals surface area (Å²) in [5.41, 5.74) is 0.736. The fourth-order valence-corrected chi connectivity index (χ4v) is 4.28. The molecule has 0 fully saturated rings. The quantitative estimate of drug-likeness (QED) is 0.259. The van der Waals surface area contributed by atoms with Crippen molar-refractivity contribution < 1.29 is 9.53 Å². The van der Waals surface area contributed by atoms with Gasteiger partial charge >= 0.3 is 0 Å². The van der Waals surface area contributed by atoms with Crippen LogP contribution in [-0.2, 0) is 11.8 Å². The van der Waals surface area contributed by atoms with Crippen LogP contribution >= 0.6 is 0 Å². The van der Waals surface area contributed by atoms with Gasteiger partial charge in [-0.05, 0) is 55.8 Å². The number of hydrogen-bond acceptors (Lipinski definition) is 6. The molecule has 10 nitrogen and oxygen atoms in total. The van der Waals surface area contributed by atoms with Gasteiger partial charge in [0, 0.05) is 13.2 Å². The first kappa shape index (κ1) is 25.9. The number of pyridine rings is 1. The summed E-state index contributed by atoms with van der Waals surface area (Å²) in [5.74, 6) is -0.493. The summed E-state index contributed by atoms with van der Waals surface area (Å²) in [4.78, 5) is 44.6. The molecule has 198 valence electrons. The Morgan fingerprint density at radius 3 is 2.33 bits per heavy atom. The van der Waals surface area contributed by atoms with Crippen LogP contribution in [0.25, 0.3) is 17.4 Å². The Balaban J connectivity index is 1.59. The van der Waals surface area contributed by atoms with Gasteiger partial charge in [0.15, 0.2) is 0 Å². The zero-order chi connectivity index (χ0) is 28.4. The molecule has 3 heterocycles. The predicted molar refractivity (Wildman–Crippen MR) is 151 cm³/mol. The highest BCUT2D eigenvalue weighted by molar-refractivity contribution is 6.10. The number of fused-ring (bicyclic) bond motifs is 1. The van der Waals surface area contributed by atoms with E-state index in [9.17, 15) is 19.6 Å². The molecule has 10 heteroatoms. The van der Waals surface area contributed by atoms with E-state index in [1.807, 2.05) is 31.2 Å². The van der Waals surface area contributed by atoms with Crippen molar-refractivity contribution in [2.45, 2.75) is 13.8 Å². The van der Waals surface area contributed by atoms with E-state index in [0.717, 1.165) is 11.6 Å². The van der Waals surface area contributed by atoms with E-state index in [2.05, 4.69) is 10.3 Å². The van der Waals surface area contributed by atoms with E-state index in [0.29, 0.717) is 22.8 Å². The Hall–Kier alpha value is -5.69. The van der Waals surface area contributed by atoms with E-state index >= 15 is 0 Å². The Bertz CT molecular complexity index is 1940. The second-order valence-corrected chi connectivity index (χ2v) is 9.00. The minimum absolute atomic E-state index is 0.0160. The van der Waals surface area contributed by atoms with Crippen molar-refractivity contribution in [3.05, 3.63) is 122 Å². The Labute approximate surface area is 228 Å². The van der Waals surface area contributed by atoms with Gasteiger partial charge in [-0.3, -0.25) is 23.5 Å². The third kappa shape index (κ3) is 4.68. The van der Waals surface area contributed by atoms with Gasteiger partial charge in [0.2, 0.25) is 5.88 Å². The van der Waals surface area contributed by atoms with Crippen molar-refractivity contribution in [1.82, 2.24) is 18.7 Å². The average molecular weight is 533 g/mol. The molecular formula is C30H24N6O4. The van der Waals surface area contributed by atoms with Gasteiger partial charge in [0.05, 0.1) is 11.4 Å². The van der Waals surface area contributed by atoms with Crippen molar-refractivity contribution in [3.63, 3.8) is 0 Å². The van der Waals surface area contributed by atoms with E-state index in [1.165, 1.54) is 9.08 Å². The number of ether oxygens (including phenoxy) is 1. The molecule has 3 aromatic heterocycles. The van der Waals surface area contributed by atoms with Gasteiger partial charge in [-0.15, -0.1) is 0 Å². The molecule has 0 saturated heterocycles. The van der Waals surface area contributed by atoms with Gasteiger partial charge < -0.3 is 10.1 Å². The number of benzene rings is 2. The Kier molecular flexibility index (Phi) is 6.87. The SMILES string of the molecule is Cc1cccn2c(=O)c(C=C(C#N)C(=O)Nc3c(C)n(C)n(-c4ccccc4)c3=O)c(Oc3ccccc3)nc12. The van der Waals surface area contributed by atoms with Crippen LogP contribution in [0.1, 0.15) is 16.8 Å². The standard InChI is InChI=1S/C30H24N6O4/c1-19-11-10-16-35-26(19)33-28(40-23-14-8-5-9-15-23)24(29(35)38)17-21(18-31)27(37)32-25-20(2)34(3)36(30(25)39)22-12-6-4-7-13-22/h4-17H,1-3H3,(H,32,37). The molecule has 0 atom stereocenters. The van der Waals surface area contributed by atoms with Crippen molar-refractivity contribution in [2.75, 3.05) is 5.32 Å². The maximum atomic E-state index is 13.5. The molecule has 5 aromatic rings. The molecule has 0 unspecified atom stereocenters. The second-order valence-electron chi connectivity index (χ2n) is 9.00. The number of carbonyl (C=O) groups is 1. The number of aryl methyl sites for hydroxylation is 1. The number of para-hydroxylation sites is 2. The number of anilines is 1. The molecule has 0 bridgehead atoms. The molecule has 0 spiro atoms. The maximum absolute atomic E-state index is 13.5. The Morgan fingerprint density at radius 2 is 1.65 bits per heavy atom. The van der Waals surface area contributed by atoms with Gasteiger partial charge in [-0.1, -0.05) is 42.5 Å². The van der Waals surface area contributed by atoms with Crippen molar-refractivity contribution >= 4 is 23.3 Å². The van der Waals surface area contributed by atoms with Crippen LogP contribution in [0.2, 0.25) is 0 Å². The lowest BCUT2D eigenvalue weighted by molar-refractivity contribution is -0.112. The number of carbonyl (C=O) groups excluding carboxylic acids is 1. The molecule has 1 N–H and O–H groups in total. The lowest BCUT2D eigenvalue weighted by Gasteiger charge is -2.11. The van der Waals surface area contributed by atoms with E-state index < -0.39 is 22.6 Å². The van der Waals surface area contributed by atoms with E-state index in [1.54, 1.807) is 79.4 Å². The average Bonchev–Trinajstić information content (AvgIpc) is 3.17. The first-order valence-electron chi connectivity index (χ1n) is 12.3. The number of rotatable bonds is 6. The number of aromatic nitrogens is 4. The van der Waals surface area contributed by atoms with Gasteiger partial charge in [0.25, 0.3) is 17.0 Å². The molecule has 0 aliphatic heterocycles. The molecule has 0 aliphatic rings. The number of amides is 1. The third-order valence-electron chi connectivity index (χ3n) is 6.45. The molecule has 2 aromatic carbocycles. The predicted octanol–water partition coefficient (Wildman–Crippen LogP) is 4.14. The highest BCUT2D eigenvalue weighted by atomic mass is 16.5. The minimum Gasteiger partial charge on any atom is -0.438 e. The second kappa shape index (κ2) is 10.6. The Morgan fingerprint density at radius 1 is 0.975 bits per heavy atom. The topological polar surface area (TPSA) is 123 Å². The molecule has 5 rings (SSSR count). The summed E-state index contributed by atoms with van der Waals surface area (Å²) in [6.07, 6.45) is 2.68. The van der Waals surface area contributed by atoms with Crippen LogP contribution in [0.5, 0.6) is 11.6 Å². The monoisotopic (exact) mass is 532 g/mol. The third-order valence-corrected chi connectivity index (χ3v) is 6.45. The zero-order valence-electron chi connectivity index (χ0n) is 22.0. The molecular weight excluding hydrogens is 508 g/mol. The lowest BCUT2D eigenvalue weighted by Crippen LogP contribution is -2.24. The van der Waals surface area contributed by atoms with Crippen LogP contribution < -0.4 is 21.2 Å². The van der Waals surface area contributed by atoms with Crippen LogP contribution in [0.3, 0.4) is 0 Å². The summed E-state index contributed by atoms with van der Waals surface area (Å²) >= 11 is 0. The highest BCUT2D eigenvalue weighted by Gasteiger charge is 2.22. The smallest absolute Gasteiger partial charge is 0.295 e. The highest BCUT2D eigenvalue weighted by Crippen LogP contribution is 2.25. The van der Waals surface area contributed by atoms with Crippen molar-refractivity contribution in [1.29, 1.82) is 5.26 Å². The maximum Gasteiger partial charge on any atom is 0.295 e. The van der Waals surface area contributed by atoms with Crippen molar-refractivity contribution in [2.24, 2.45) is 7.05 Å². The van der Waals surface area contributed by atoms with Gasteiger partial charge in [-0.25, -0.2) is 4.68 Å². The zero-order valence-corrected chi connectivity index (χ0v) is 22.0. The number of nitriles is 1. The van der Waals surface area contributed by atoms with Gasteiger partial charge in [0.1, 0.15) is 34.3 Å². The molecule has 0 aliphatic carbocycles. The normalized spacial score (nSPS) is 11.3. The molecule has 0 saturated carbocycles. The molecule has 40 heavy (non-hydrogen) atoms. The number of nitrogens with one attached hydrogen (secondary N) is 1. The van der Waals surface area contributed by atoms with E-state index in [-0.39, 0.29) is 17.1 Å². The van der Waals surface area contributed by atoms with Crippen molar-refractivity contribution in [3.8, 4) is 23.4 Å². The van der Waals surface area contributed by atoms with Crippen LogP contribution in [0.15, 0.2) is 94.2 Å². The summed E-state index contributed by atoms with van der Waals surface area (Å²) in [6.45, 7) is 3.49. The van der Waals surface area contributed by atoms with Crippen LogP contribution in [0, 0.1) is 25.2 Å². The molecule has 0 radical (unpaired) electrons. The first-order valence-corrected chi connectivity index (χ1v) is 12.3. The van der Waals surface area contributed by atoms with Crippen LogP contribution in [-0.4, -0.2) is 24.7 Å².